The maximum atomic E-state index is 12.3. The summed E-state index contributed by atoms with van der Waals surface area (Å²) in [7, 11) is 0. The van der Waals surface area contributed by atoms with Crippen LogP contribution in [0.25, 0.3) is 0 Å². The van der Waals surface area contributed by atoms with Crippen LogP contribution in [0.15, 0.2) is 22.8 Å². The molecule has 0 bridgehead atoms. The second kappa shape index (κ2) is 6.78. The first-order valence-electron chi connectivity index (χ1n) is 7.55. The van der Waals surface area contributed by atoms with Crippen LogP contribution in [0, 0.1) is 5.41 Å². The molecule has 5 nitrogen and oxygen atoms in total. The van der Waals surface area contributed by atoms with Gasteiger partial charge in [0.1, 0.15) is 5.76 Å². The third kappa shape index (κ3) is 4.34. The van der Waals surface area contributed by atoms with Gasteiger partial charge in [0.25, 0.3) is 0 Å². The third-order valence-electron chi connectivity index (χ3n) is 4.32. The molecule has 1 saturated carbocycles. The van der Waals surface area contributed by atoms with Crippen LogP contribution in [0.4, 0.5) is 0 Å². The van der Waals surface area contributed by atoms with Crippen molar-refractivity contribution in [2.45, 2.75) is 57.9 Å². The number of furan rings is 1. The van der Waals surface area contributed by atoms with Crippen LogP contribution in [0.2, 0.25) is 0 Å². The monoisotopic (exact) mass is 293 g/mol. The predicted octanol–water partition coefficient (Wildman–Crippen LogP) is 3.27. The lowest BCUT2D eigenvalue weighted by Crippen LogP contribution is -2.36. The van der Waals surface area contributed by atoms with Crippen LogP contribution < -0.4 is 5.32 Å². The number of hydrogen-bond donors (Lipinski definition) is 2. The van der Waals surface area contributed by atoms with Crippen molar-refractivity contribution in [2.24, 2.45) is 5.41 Å². The van der Waals surface area contributed by atoms with Crippen molar-refractivity contribution < 1.29 is 19.1 Å². The second-order valence-electron chi connectivity index (χ2n) is 6.11. The van der Waals surface area contributed by atoms with E-state index in [9.17, 15) is 9.59 Å². The maximum absolute atomic E-state index is 12.3. The van der Waals surface area contributed by atoms with Crippen molar-refractivity contribution in [1.82, 2.24) is 5.32 Å². The summed E-state index contributed by atoms with van der Waals surface area (Å²) < 4.78 is 5.27. The van der Waals surface area contributed by atoms with E-state index in [0.717, 1.165) is 32.1 Å². The van der Waals surface area contributed by atoms with E-state index in [1.54, 1.807) is 12.3 Å². The molecule has 1 aliphatic rings. The summed E-state index contributed by atoms with van der Waals surface area (Å²) in [5.41, 5.74) is -0.378. The van der Waals surface area contributed by atoms with Crippen LogP contribution in [0.3, 0.4) is 0 Å². The van der Waals surface area contributed by atoms with Crippen molar-refractivity contribution >= 4 is 11.9 Å². The number of rotatable bonds is 6. The summed E-state index contributed by atoms with van der Waals surface area (Å²) in [4.78, 5) is 23.4. The molecule has 0 aromatic carbocycles. The first-order chi connectivity index (χ1) is 10.0. The van der Waals surface area contributed by atoms with Gasteiger partial charge in [0.05, 0.1) is 18.7 Å². The lowest BCUT2D eigenvalue weighted by molar-refractivity contribution is -0.141. The zero-order chi connectivity index (χ0) is 15.3. The molecule has 116 valence electrons. The van der Waals surface area contributed by atoms with Crippen molar-refractivity contribution in [3.63, 3.8) is 0 Å². The van der Waals surface area contributed by atoms with Crippen LogP contribution >= 0.6 is 0 Å². The van der Waals surface area contributed by atoms with Gasteiger partial charge in [-0.25, -0.2) is 0 Å². The summed E-state index contributed by atoms with van der Waals surface area (Å²) in [5.74, 6) is -0.204. The predicted molar refractivity (Wildman–Crippen MR) is 77.7 cm³/mol. The molecule has 1 aliphatic carbocycles. The Kier molecular flexibility index (Phi) is 5.04. The van der Waals surface area contributed by atoms with Crippen LogP contribution in [-0.4, -0.2) is 17.0 Å². The number of carbonyl (C=O) groups excluding carboxylic acids is 1. The molecule has 2 rings (SSSR count). The Balaban J connectivity index is 1.96. The normalized spacial score (nSPS) is 18.9. The highest BCUT2D eigenvalue weighted by atomic mass is 16.4. The van der Waals surface area contributed by atoms with E-state index in [1.807, 2.05) is 13.0 Å². The molecule has 0 aliphatic heterocycles. The molecule has 0 spiro atoms. The fourth-order valence-corrected chi connectivity index (χ4v) is 3.28. The molecule has 2 N–H and O–H groups in total. The van der Waals surface area contributed by atoms with Crippen molar-refractivity contribution in [3.05, 3.63) is 24.2 Å². The molecule has 0 unspecified atom stereocenters. The number of carbonyl (C=O) groups is 2. The summed E-state index contributed by atoms with van der Waals surface area (Å²) in [6.07, 6.45) is 6.73. The highest BCUT2D eigenvalue weighted by Gasteiger charge is 2.36. The number of aliphatic carboxylic acids is 1. The number of carboxylic acid groups (broad SMARTS) is 1. The lowest BCUT2D eigenvalue weighted by Gasteiger charge is -2.35. The number of amides is 1. The Morgan fingerprint density at radius 3 is 2.62 bits per heavy atom. The van der Waals surface area contributed by atoms with Gasteiger partial charge in [-0.1, -0.05) is 19.3 Å². The highest BCUT2D eigenvalue weighted by molar-refractivity contribution is 5.78. The quantitative estimate of drug-likeness (QED) is 0.843. The highest BCUT2D eigenvalue weighted by Crippen LogP contribution is 2.42. The minimum Gasteiger partial charge on any atom is -0.481 e. The van der Waals surface area contributed by atoms with Gasteiger partial charge in [-0.2, -0.15) is 0 Å². The minimum absolute atomic E-state index is 0.0789. The van der Waals surface area contributed by atoms with E-state index in [4.69, 9.17) is 9.52 Å². The molecule has 1 heterocycles. The molecule has 1 amide bonds. The van der Waals surface area contributed by atoms with Gasteiger partial charge >= 0.3 is 5.97 Å². The van der Waals surface area contributed by atoms with Crippen LogP contribution in [0.1, 0.15) is 63.7 Å². The first-order valence-corrected chi connectivity index (χ1v) is 7.55. The molecular weight excluding hydrogens is 270 g/mol. The van der Waals surface area contributed by atoms with E-state index < -0.39 is 5.97 Å². The Labute approximate surface area is 124 Å². The summed E-state index contributed by atoms with van der Waals surface area (Å²) in [6, 6.07) is 3.40. The zero-order valence-electron chi connectivity index (χ0n) is 12.4. The molecule has 5 heteroatoms. The molecular formula is C16H23NO4. The molecule has 1 aromatic heterocycles. The fourth-order valence-electron chi connectivity index (χ4n) is 3.28. The summed E-state index contributed by atoms with van der Waals surface area (Å²) in [6.45, 7) is 1.86. The van der Waals surface area contributed by atoms with E-state index in [0.29, 0.717) is 5.76 Å². The smallest absolute Gasteiger partial charge is 0.303 e. The van der Waals surface area contributed by atoms with E-state index in [1.165, 1.54) is 0 Å². The van der Waals surface area contributed by atoms with E-state index >= 15 is 0 Å². The maximum Gasteiger partial charge on any atom is 0.303 e. The molecule has 0 saturated heterocycles. The van der Waals surface area contributed by atoms with Crippen molar-refractivity contribution in [2.75, 3.05) is 0 Å². The third-order valence-corrected chi connectivity index (χ3v) is 4.32. The lowest BCUT2D eigenvalue weighted by atomic mass is 9.69. The summed E-state index contributed by atoms with van der Waals surface area (Å²) in [5, 5.41) is 12.0. The Morgan fingerprint density at radius 2 is 2.05 bits per heavy atom. The SMILES string of the molecule is C[C@@H](NC(=O)CC1(CC(=O)O)CCCCC1)c1ccco1. The van der Waals surface area contributed by atoms with Gasteiger partial charge in [0, 0.05) is 6.42 Å². The molecule has 1 aromatic rings. The van der Waals surface area contributed by atoms with Gasteiger partial charge in [-0.05, 0) is 37.3 Å². The average molecular weight is 293 g/mol. The zero-order valence-corrected chi connectivity index (χ0v) is 12.4. The first kappa shape index (κ1) is 15.6. The Morgan fingerprint density at radius 1 is 1.33 bits per heavy atom. The fraction of sp³-hybridized carbons (Fsp3) is 0.625. The second-order valence-corrected chi connectivity index (χ2v) is 6.11. The Bertz CT molecular complexity index is 474. The van der Waals surface area contributed by atoms with Gasteiger partial charge in [-0.15, -0.1) is 0 Å². The summed E-state index contributed by atoms with van der Waals surface area (Å²) >= 11 is 0. The van der Waals surface area contributed by atoms with Gasteiger partial charge in [0.2, 0.25) is 5.91 Å². The van der Waals surface area contributed by atoms with Gasteiger partial charge < -0.3 is 14.8 Å². The van der Waals surface area contributed by atoms with E-state index in [2.05, 4.69) is 5.32 Å². The van der Waals surface area contributed by atoms with Gasteiger partial charge in [-0.3, -0.25) is 9.59 Å². The van der Waals surface area contributed by atoms with Crippen LogP contribution in [0.5, 0.6) is 0 Å². The molecule has 0 radical (unpaired) electrons. The number of nitrogens with one attached hydrogen (secondary N) is 1. The largest absolute Gasteiger partial charge is 0.481 e. The molecule has 1 atom stereocenters. The number of carboxylic acids is 1. The molecule has 21 heavy (non-hydrogen) atoms. The number of hydrogen-bond acceptors (Lipinski definition) is 3. The standard InChI is InChI=1S/C16H23NO4/c1-12(13-6-5-9-21-13)17-14(18)10-16(11-15(19)20)7-3-2-4-8-16/h5-6,9,12H,2-4,7-8,10-11H2,1H3,(H,17,18)(H,19,20)/t12-/m1/s1. The van der Waals surface area contributed by atoms with Crippen molar-refractivity contribution in [1.29, 1.82) is 0 Å². The Hall–Kier alpha value is -1.78. The van der Waals surface area contributed by atoms with Crippen molar-refractivity contribution in [3.8, 4) is 0 Å². The molecule has 1 fully saturated rings. The van der Waals surface area contributed by atoms with Crippen LogP contribution in [-0.2, 0) is 9.59 Å². The van der Waals surface area contributed by atoms with E-state index in [-0.39, 0.29) is 30.2 Å². The van der Waals surface area contributed by atoms with Gasteiger partial charge in [0.15, 0.2) is 0 Å². The topological polar surface area (TPSA) is 79.5 Å². The average Bonchev–Trinajstić information content (AvgIpc) is 2.92. The minimum atomic E-state index is -0.816.